The van der Waals surface area contributed by atoms with E-state index in [9.17, 15) is 14.7 Å². The van der Waals surface area contributed by atoms with Gasteiger partial charge in [0.1, 0.15) is 8.07 Å². The second-order valence-corrected chi connectivity index (χ2v) is 17.3. The smallest absolute Gasteiger partial charge is 0.408 e. The Morgan fingerprint density at radius 2 is 1.62 bits per heavy atom. The third-order valence-corrected chi connectivity index (χ3v) is 13.8. The van der Waals surface area contributed by atoms with Gasteiger partial charge in [-0.25, -0.2) is 4.79 Å². The molecular weight excluding hydrogens is 440 g/mol. The maximum atomic E-state index is 12.5. The third-order valence-electron chi connectivity index (χ3n) is 7.52. The summed E-state index contributed by atoms with van der Waals surface area (Å²) in [5.41, 5.74) is 7.33. The van der Waals surface area contributed by atoms with Gasteiger partial charge in [-0.3, -0.25) is 9.69 Å². The van der Waals surface area contributed by atoms with E-state index in [1.54, 1.807) is 11.8 Å². The van der Waals surface area contributed by atoms with Gasteiger partial charge in [0, 0.05) is 29.8 Å². The molecule has 2 amide bonds. The summed E-state index contributed by atoms with van der Waals surface area (Å²) < 4.78 is 0. The minimum absolute atomic E-state index is 0.0329. The number of hydrogen-bond donors (Lipinski definition) is 1. The maximum absolute atomic E-state index is 12.5. The number of hydrogen-bond acceptors (Lipinski definition) is 2. The van der Waals surface area contributed by atoms with Crippen LogP contribution in [0.25, 0.3) is 0 Å². The van der Waals surface area contributed by atoms with Gasteiger partial charge in [0.25, 0.3) is 0 Å². The van der Waals surface area contributed by atoms with Crippen LogP contribution in [0.2, 0.25) is 16.6 Å². The summed E-state index contributed by atoms with van der Waals surface area (Å²) in [6.07, 6.45) is -0.398. The van der Waals surface area contributed by atoms with Crippen molar-refractivity contribution in [2.45, 2.75) is 117 Å². The molecule has 0 unspecified atom stereocenters. The third kappa shape index (κ3) is 5.20. The van der Waals surface area contributed by atoms with E-state index in [1.807, 2.05) is 45.9 Å². The summed E-state index contributed by atoms with van der Waals surface area (Å²) >= 11 is 0. The molecule has 0 fully saturated rings. The quantitative estimate of drug-likeness (QED) is 0.362. The summed E-state index contributed by atoms with van der Waals surface area (Å²) in [5.74, 6) is 3.47. The normalized spacial score (nSPS) is 18.6. The Bertz CT molecular complexity index is 960. The molecule has 1 N–H and O–H groups in total. The first-order valence-electron chi connectivity index (χ1n) is 12.5. The van der Waals surface area contributed by atoms with E-state index in [-0.39, 0.29) is 18.0 Å². The van der Waals surface area contributed by atoms with E-state index in [4.69, 9.17) is 0 Å². The highest BCUT2D eigenvalue weighted by molar-refractivity contribution is 6.90. The summed E-state index contributed by atoms with van der Waals surface area (Å²) in [5, 5.41) is 10.1. The maximum Gasteiger partial charge on any atom is 0.408 e. The molecule has 5 nitrogen and oxygen atoms in total. The Morgan fingerprint density at radius 1 is 1.09 bits per heavy atom. The minimum Gasteiger partial charge on any atom is -0.465 e. The molecule has 0 aromatic heterocycles. The summed E-state index contributed by atoms with van der Waals surface area (Å²) in [4.78, 5) is 28.2. The molecular formula is C28H44N2O3Si. The Morgan fingerprint density at radius 3 is 2.03 bits per heavy atom. The van der Waals surface area contributed by atoms with Crippen LogP contribution >= 0.6 is 0 Å². The molecule has 0 aliphatic carbocycles. The van der Waals surface area contributed by atoms with Crippen LogP contribution in [0.3, 0.4) is 0 Å². The molecule has 0 radical (unpaired) electrons. The molecule has 0 saturated carbocycles. The zero-order valence-electron chi connectivity index (χ0n) is 23.0. The van der Waals surface area contributed by atoms with Crippen molar-refractivity contribution >= 4 is 25.8 Å². The number of amides is 2. The lowest BCUT2D eigenvalue weighted by molar-refractivity contribution is -0.117. The SMILES string of the molecule is CC(=O)N1c2ccc(C#C[Si](C(C)C)(C(C)C)C(C)C)cc2[C@H](N(C(=O)O)C(C)(C)C)C[C@@H]1C. The Hall–Kier alpha value is -2.26. The summed E-state index contributed by atoms with van der Waals surface area (Å²) in [6.45, 7) is 23.1. The van der Waals surface area contributed by atoms with E-state index < -0.39 is 19.7 Å². The highest BCUT2D eigenvalue weighted by Crippen LogP contribution is 2.44. The minimum atomic E-state index is -1.91. The fourth-order valence-electron chi connectivity index (χ4n) is 6.14. The molecule has 2 atom stereocenters. The van der Waals surface area contributed by atoms with Crippen molar-refractivity contribution in [3.8, 4) is 11.5 Å². The van der Waals surface area contributed by atoms with Crippen LogP contribution in [-0.2, 0) is 4.79 Å². The lowest BCUT2D eigenvalue weighted by Gasteiger charge is -2.46. The van der Waals surface area contributed by atoms with Crippen LogP contribution in [0.15, 0.2) is 18.2 Å². The van der Waals surface area contributed by atoms with Crippen molar-refractivity contribution in [3.05, 3.63) is 29.3 Å². The van der Waals surface area contributed by atoms with Crippen LogP contribution in [0.1, 0.15) is 99.8 Å². The second-order valence-electron chi connectivity index (χ2n) is 11.7. The Kier molecular flexibility index (Phi) is 8.36. The summed E-state index contributed by atoms with van der Waals surface area (Å²) in [6, 6.07) is 5.52. The van der Waals surface area contributed by atoms with Gasteiger partial charge in [0.2, 0.25) is 5.91 Å². The molecule has 1 heterocycles. The van der Waals surface area contributed by atoms with E-state index in [1.165, 1.54) is 4.90 Å². The van der Waals surface area contributed by atoms with Crippen LogP contribution in [-0.4, -0.2) is 41.7 Å². The first kappa shape index (κ1) is 28.0. The molecule has 1 aromatic carbocycles. The monoisotopic (exact) mass is 484 g/mol. The van der Waals surface area contributed by atoms with E-state index in [0.717, 1.165) is 16.8 Å². The van der Waals surface area contributed by atoms with Crippen molar-refractivity contribution in [2.24, 2.45) is 0 Å². The number of benzene rings is 1. The predicted molar refractivity (Wildman–Crippen MR) is 144 cm³/mol. The highest BCUT2D eigenvalue weighted by Gasteiger charge is 2.43. The standard InChI is InChI=1S/C28H44N2O3Si/c1-18(2)34(19(3)4,20(5)6)15-14-23-12-13-25-24(17-23)26(16-21(7)29(25)22(8)31)30(27(32)33)28(9,10)11/h12-13,17-21,26H,16H2,1-11H3,(H,32,33)/t21-,26+/m0/s1. The molecule has 1 aromatic rings. The first-order valence-corrected chi connectivity index (χ1v) is 14.8. The lowest BCUT2D eigenvalue weighted by atomic mass is 9.87. The first-order chi connectivity index (χ1) is 15.6. The Labute approximate surface area is 207 Å². The van der Waals surface area contributed by atoms with E-state index in [0.29, 0.717) is 23.0 Å². The average Bonchev–Trinajstić information content (AvgIpc) is 2.66. The van der Waals surface area contributed by atoms with Gasteiger partial charge in [-0.2, -0.15) is 0 Å². The van der Waals surface area contributed by atoms with Crippen molar-refractivity contribution in [3.63, 3.8) is 0 Å². The van der Waals surface area contributed by atoms with Gasteiger partial charge in [-0.15, -0.1) is 5.54 Å². The van der Waals surface area contributed by atoms with Gasteiger partial charge in [-0.1, -0.05) is 47.5 Å². The molecule has 1 aliphatic rings. The van der Waals surface area contributed by atoms with Crippen molar-refractivity contribution in [1.29, 1.82) is 0 Å². The zero-order chi connectivity index (χ0) is 26.2. The largest absolute Gasteiger partial charge is 0.465 e. The number of anilines is 1. The second kappa shape index (κ2) is 10.2. The molecule has 6 heteroatoms. The summed E-state index contributed by atoms with van der Waals surface area (Å²) in [7, 11) is -1.91. The van der Waals surface area contributed by atoms with Gasteiger partial charge in [-0.05, 0) is 74.5 Å². The fraction of sp³-hybridized carbons (Fsp3) is 0.643. The number of fused-ring (bicyclic) bond motifs is 1. The molecule has 0 bridgehead atoms. The van der Waals surface area contributed by atoms with E-state index in [2.05, 4.69) is 53.0 Å². The van der Waals surface area contributed by atoms with Gasteiger partial charge in [0.15, 0.2) is 0 Å². The number of rotatable bonds is 4. The van der Waals surface area contributed by atoms with Crippen LogP contribution in [0.4, 0.5) is 10.5 Å². The molecule has 34 heavy (non-hydrogen) atoms. The molecule has 188 valence electrons. The van der Waals surface area contributed by atoms with Gasteiger partial charge in [0.05, 0.1) is 6.04 Å². The van der Waals surface area contributed by atoms with Crippen molar-refractivity contribution in [1.82, 2.24) is 4.90 Å². The zero-order valence-corrected chi connectivity index (χ0v) is 24.0. The average molecular weight is 485 g/mol. The van der Waals surface area contributed by atoms with Crippen molar-refractivity contribution in [2.75, 3.05) is 4.90 Å². The van der Waals surface area contributed by atoms with Crippen LogP contribution in [0, 0.1) is 11.5 Å². The van der Waals surface area contributed by atoms with Crippen LogP contribution in [0.5, 0.6) is 0 Å². The molecule has 2 rings (SSSR count). The fourth-order valence-corrected chi connectivity index (χ4v) is 11.4. The number of carboxylic acid groups (broad SMARTS) is 1. The topological polar surface area (TPSA) is 60.9 Å². The van der Waals surface area contributed by atoms with Gasteiger partial charge >= 0.3 is 6.09 Å². The Balaban J connectivity index is 2.74. The molecule has 0 spiro atoms. The molecule has 1 aliphatic heterocycles. The molecule has 0 saturated heterocycles. The lowest BCUT2D eigenvalue weighted by Crippen LogP contribution is -2.52. The predicted octanol–water partition coefficient (Wildman–Crippen LogP) is 7.22. The van der Waals surface area contributed by atoms with Gasteiger partial charge < -0.3 is 10.0 Å². The van der Waals surface area contributed by atoms with Crippen molar-refractivity contribution < 1.29 is 14.7 Å². The number of carbonyl (C=O) groups is 2. The highest BCUT2D eigenvalue weighted by atomic mass is 28.3. The number of nitrogens with zero attached hydrogens (tertiary/aromatic N) is 2. The van der Waals surface area contributed by atoms with E-state index >= 15 is 0 Å². The number of carbonyl (C=O) groups excluding carboxylic acids is 1. The van der Waals surface area contributed by atoms with Crippen LogP contribution < -0.4 is 4.90 Å².